The summed E-state index contributed by atoms with van der Waals surface area (Å²) >= 11 is 6.10. The summed E-state index contributed by atoms with van der Waals surface area (Å²) in [6.45, 7) is 5.20. The van der Waals surface area contributed by atoms with Crippen molar-refractivity contribution >= 4 is 40.5 Å². The molecule has 0 bridgehead atoms. The number of nitro groups is 1. The second-order valence-corrected chi connectivity index (χ2v) is 7.45. The highest BCUT2D eigenvalue weighted by atomic mass is 35.5. The Morgan fingerprint density at radius 1 is 1.24 bits per heavy atom. The molecule has 0 radical (unpaired) electrons. The molecule has 2 aromatic carbocycles. The van der Waals surface area contributed by atoms with Crippen LogP contribution in [0.2, 0.25) is 5.02 Å². The minimum Gasteiger partial charge on any atom is -0.478 e. The molecule has 1 N–H and O–H groups in total. The summed E-state index contributed by atoms with van der Waals surface area (Å²) in [7, 11) is 0. The minimum atomic E-state index is -0.954. The third-order valence-corrected chi connectivity index (χ3v) is 4.98. The zero-order valence-corrected chi connectivity index (χ0v) is 16.8. The SMILES string of the molecule is CC(C)C1Oc2ccc([N+](=O)[O-])cc2N(C(C)C(=O)Nc2ccccc2Cl)C1=O. The number of nitrogens with one attached hydrogen (secondary N) is 1. The van der Waals surface area contributed by atoms with Crippen LogP contribution in [-0.2, 0) is 9.59 Å². The van der Waals surface area contributed by atoms with E-state index >= 15 is 0 Å². The molecule has 0 saturated heterocycles. The number of nitrogens with zero attached hydrogens (tertiary/aromatic N) is 2. The van der Waals surface area contributed by atoms with Gasteiger partial charge in [0.05, 0.1) is 21.3 Å². The van der Waals surface area contributed by atoms with E-state index in [1.54, 1.807) is 31.2 Å². The van der Waals surface area contributed by atoms with Crippen LogP contribution in [0, 0.1) is 16.0 Å². The van der Waals surface area contributed by atoms with Gasteiger partial charge in [-0.05, 0) is 31.0 Å². The first-order chi connectivity index (χ1) is 13.7. The Morgan fingerprint density at radius 2 is 1.93 bits per heavy atom. The van der Waals surface area contributed by atoms with Crippen LogP contribution >= 0.6 is 11.6 Å². The maximum atomic E-state index is 13.1. The molecule has 1 aliphatic rings. The lowest BCUT2D eigenvalue weighted by atomic mass is 10.0. The Morgan fingerprint density at radius 3 is 2.55 bits per heavy atom. The normalized spacial score (nSPS) is 16.8. The van der Waals surface area contributed by atoms with Crippen molar-refractivity contribution in [1.29, 1.82) is 0 Å². The summed E-state index contributed by atoms with van der Waals surface area (Å²) < 4.78 is 5.77. The van der Waals surface area contributed by atoms with Crippen LogP contribution in [0.5, 0.6) is 5.75 Å². The van der Waals surface area contributed by atoms with Crippen LogP contribution in [0.15, 0.2) is 42.5 Å². The number of hydrogen-bond acceptors (Lipinski definition) is 5. The van der Waals surface area contributed by atoms with Gasteiger partial charge in [0.2, 0.25) is 5.91 Å². The van der Waals surface area contributed by atoms with Gasteiger partial charge in [0, 0.05) is 12.1 Å². The number of halogens is 1. The van der Waals surface area contributed by atoms with E-state index in [4.69, 9.17) is 16.3 Å². The van der Waals surface area contributed by atoms with Crippen molar-refractivity contribution in [3.8, 4) is 5.75 Å². The number of fused-ring (bicyclic) bond motifs is 1. The number of anilines is 2. The van der Waals surface area contributed by atoms with Gasteiger partial charge in [-0.3, -0.25) is 24.6 Å². The third-order valence-electron chi connectivity index (χ3n) is 4.65. The number of para-hydroxylation sites is 1. The first-order valence-electron chi connectivity index (χ1n) is 9.04. The summed E-state index contributed by atoms with van der Waals surface area (Å²) in [6, 6.07) is 9.76. The predicted molar refractivity (Wildman–Crippen MR) is 109 cm³/mol. The summed E-state index contributed by atoms with van der Waals surface area (Å²) in [5.74, 6) is -0.762. The predicted octanol–water partition coefficient (Wildman–Crippen LogP) is 4.03. The molecule has 2 aromatic rings. The van der Waals surface area contributed by atoms with Crippen LogP contribution < -0.4 is 15.0 Å². The van der Waals surface area contributed by atoms with E-state index < -0.39 is 28.9 Å². The van der Waals surface area contributed by atoms with Gasteiger partial charge in [-0.2, -0.15) is 0 Å². The fourth-order valence-electron chi connectivity index (χ4n) is 3.09. The molecule has 152 valence electrons. The van der Waals surface area contributed by atoms with Gasteiger partial charge in [0.1, 0.15) is 11.8 Å². The van der Waals surface area contributed by atoms with Crippen LogP contribution in [0.25, 0.3) is 0 Å². The highest BCUT2D eigenvalue weighted by molar-refractivity contribution is 6.33. The number of amides is 2. The molecule has 2 unspecified atom stereocenters. The van der Waals surface area contributed by atoms with Gasteiger partial charge >= 0.3 is 0 Å². The maximum absolute atomic E-state index is 13.1. The lowest BCUT2D eigenvalue weighted by molar-refractivity contribution is -0.384. The molecular formula is C20H20ClN3O5. The zero-order valence-electron chi connectivity index (χ0n) is 16.1. The van der Waals surface area contributed by atoms with Gasteiger partial charge in [-0.1, -0.05) is 37.6 Å². The summed E-state index contributed by atoms with van der Waals surface area (Å²) in [6.07, 6.45) is -0.806. The number of non-ortho nitro benzene ring substituents is 1. The molecular weight excluding hydrogens is 398 g/mol. The molecule has 1 heterocycles. The van der Waals surface area contributed by atoms with Crippen LogP contribution in [0.1, 0.15) is 20.8 Å². The molecule has 8 nitrogen and oxygen atoms in total. The second-order valence-electron chi connectivity index (χ2n) is 7.04. The van der Waals surface area contributed by atoms with Crippen LogP contribution in [0.4, 0.5) is 17.1 Å². The van der Waals surface area contributed by atoms with Crippen molar-refractivity contribution in [2.24, 2.45) is 5.92 Å². The number of rotatable bonds is 5. The van der Waals surface area contributed by atoms with Crippen LogP contribution in [-0.4, -0.2) is 28.9 Å². The largest absolute Gasteiger partial charge is 0.478 e. The number of hydrogen-bond donors (Lipinski definition) is 1. The summed E-state index contributed by atoms with van der Waals surface area (Å²) in [4.78, 5) is 37.9. The fourth-order valence-corrected chi connectivity index (χ4v) is 3.27. The quantitative estimate of drug-likeness (QED) is 0.584. The monoisotopic (exact) mass is 417 g/mol. The molecule has 0 aliphatic carbocycles. The number of benzene rings is 2. The van der Waals surface area contributed by atoms with Gasteiger partial charge < -0.3 is 10.1 Å². The summed E-state index contributed by atoms with van der Waals surface area (Å²) in [5.41, 5.74) is 0.390. The standard InChI is InChI=1S/C20H20ClN3O5/c1-11(2)18-20(26)23(16-10-13(24(27)28)8-9-17(16)29-18)12(3)19(25)22-15-7-5-4-6-14(15)21/h4-12,18H,1-3H3,(H,22,25). The molecule has 2 amide bonds. The molecule has 0 aromatic heterocycles. The molecule has 1 aliphatic heterocycles. The molecule has 3 rings (SSSR count). The Labute approximate surface area is 172 Å². The van der Waals surface area contributed by atoms with E-state index in [-0.39, 0.29) is 17.3 Å². The molecule has 0 spiro atoms. The molecule has 29 heavy (non-hydrogen) atoms. The average Bonchev–Trinajstić information content (AvgIpc) is 2.68. The van der Waals surface area contributed by atoms with E-state index in [1.807, 2.05) is 13.8 Å². The Hall–Kier alpha value is -3.13. The lowest BCUT2D eigenvalue weighted by Crippen LogP contribution is -2.55. The zero-order chi connectivity index (χ0) is 21.3. The van der Waals surface area contributed by atoms with E-state index in [0.29, 0.717) is 16.5 Å². The molecule has 0 saturated carbocycles. The maximum Gasteiger partial charge on any atom is 0.271 e. The fraction of sp³-hybridized carbons (Fsp3) is 0.300. The Kier molecular flexibility index (Phi) is 5.74. The Bertz CT molecular complexity index is 978. The lowest BCUT2D eigenvalue weighted by Gasteiger charge is -2.38. The van der Waals surface area contributed by atoms with Gasteiger partial charge in [0.15, 0.2) is 6.10 Å². The van der Waals surface area contributed by atoms with Crippen molar-refractivity contribution in [1.82, 2.24) is 0 Å². The van der Waals surface area contributed by atoms with Gasteiger partial charge in [0.25, 0.3) is 11.6 Å². The number of nitro benzene ring substituents is 1. The highest BCUT2D eigenvalue weighted by Crippen LogP contribution is 2.39. The van der Waals surface area contributed by atoms with Crippen molar-refractivity contribution < 1.29 is 19.2 Å². The minimum absolute atomic E-state index is 0.160. The Balaban J connectivity index is 1.99. The van der Waals surface area contributed by atoms with Crippen molar-refractivity contribution in [2.45, 2.75) is 32.9 Å². The number of carbonyl (C=O) groups is 2. The van der Waals surface area contributed by atoms with E-state index in [9.17, 15) is 19.7 Å². The third kappa shape index (κ3) is 4.02. The highest BCUT2D eigenvalue weighted by Gasteiger charge is 2.41. The van der Waals surface area contributed by atoms with Crippen molar-refractivity contribution in [3.63, 3.8) is 0 Å². The first-order valence-corrected chi connectivity index (χ1v) is 9.42. The topological polar surface area (TPSA) is 102 Å². The second kappa shape index (κ2) is 8.08. The first kappa shape index (κ1) is 20.6. The average molecular weight is 418 g/mol. The molecule has 2 atom stereocenters. The molecule has 0 fully saturated rings. The van der Waals surface area contributed by atoms with Crippen LogP contribution in [0.3, 0.4) is 0 Å². The molecule has 9 heteroatoms. The smallest absolute Gasteiger partial charge is 0.271 e. The van der Waals surface area contributed by atoms with E-state index in [2.05, 4.69) is 5.32 Å². The van der Waals surface area contributed by atoms with Gasteiger partial charge in [-0.15, -0.1) is 0 Å². The van der Waals surface area contributed by atoms with Gasteiger partial charge in [-0.25, -0.2) is 0 Å². The van der Waals surface area contributed by atoms with Crippen molar-refractivity contribution in [2.75, 3.05) is 10.2 Å². The number of ether oxygens (including phenoxy) is 1. The summed E-state index contributed by atoms with van der Waals surface area (Å²) in [5, 5.41) is 14.3. The van der Waals surface area contributed by atoms with E-state index in [0.717, 1.165) is 0 Å². The number of carbonyl (C=O) groups excluding carboxylic acids is 2. The van der Waals surface area contributed by atoms with E-state index in [1.165, 1.54) is 23.1 Å². The van der Waals surface area contributed by atoms with Crippen molar-refractivity contribution in [3.05, 3.63) is 57.6 Å².